The smallest absolute Gasteiger partial charge is 0.337 e. The van der Waals surface area contributed by atoms with E-state index in [2.05, 4.69) is 30.8 Å². The highest BCUT2D eigenvalue weighted by atomic mass is 35.5. The van der Waals surface area contributed by atoms with Crippen molar-refractivity contribution < 1.29 is 40.9 Å². The Kier molecular flexibility index (Phi) is 9.93. The molecular weight excluding hydrogens is 699 g/mol. The average molecular weight is 716 g/mol. The SMILES string of the molecule is O=C(O)c1cc(S(=O)(=O)O)ccc1NN=C(C=Nc1cc(S(=O)(=O)O)cc(Nc2nc(Cl)nc(Cl)c2Cl)c1O)c1ccccc1. The highest BCUT2D eigenvalue weighted by Crippen LogP contribution is 2.40. The number of hydrogen-bond donors (Lipinski definition) is 6. The van der Waals surface area contributed by atoms with Crippen molar-refractivity contribution >= 4 is 95.8 Å². The van der Waals surface area contributed by atoms with E-state index in [1.54, 1.807) is 30.3 Å². The second kappa shape index (κ2) is 13.3. The summed E-state index contributed by atoms with van der Waals surface area (Å²) in [5.41, 5.74) is 1.45. The number of aromatic carboxylic acids is 1. The number of carbonyl (C=O) groups is 1. The lowest BCUT2D eigenvalue weighted by Crippen LogP contribution is -2.09. The fourth-order valence-corrected chi connectivity index (χ4v) is 5.07. The number of aromatic nitrogens is 2. The Bertz CT molecular complexity index is 2100. The third-order valence-corrected chi connectivity index (χ3v) is 8.19. The third-order valence-electron chi connectivity index (χ3n) is 5.61. The molecule has 0 fully saturated rings. The first-order chi connectivity index (χ1) is 21.0. The number of hydrogen-bond acceptors (Lipinski definition) is 12. The van der Waals surface area contributed by atoms with E-state index < -0.39 is 53.0 Å². The molecule has 1 aromatic heterocycles. The molecule has 0 aliphatic heterocycles. The Balaban J connectivity index is 1.81. The summed E-state index contributed by atoms with van der Waals surface area (Å²) in [6.07, 6.45) is 1.08. The first-order valence-electron chi connectivity index (χ1n) is 11.8. The van der Waals surface area contributed by atoms with Crippen LogP contribution in [0.1, 0.15) is 15.9 Å². The molecule has 0 saturated carbocycles. The van der Waals surface area contributed by atoms with Crippen LogP contribution in [-0.2, 0) is 20.2 Å². The van der Waals surface area contributed by atoms with E-state index in [1.165, 1.54) is 0 Å². The van der Waals surface area contributed by atoms with Crippen molar-refractivity contribution in [2.75, 3.05) is 10.7 Å². The highest BCUT2D eigenvalue weighted by Gasteiger charge is 2.20. The van der Waals surface area contributed by atoms with Gasteiger partial charge in [0, 0.05) is 5.56 Å². The number of benzene rings is 3. The van der Waals surface area contributed by atoms with Crippen LogP contribution >= 0.6 is 34.8 Å². The number of anilines is 3. The summed E-state index contributed by atoms with van der Waals surface area (Å²) in [4.78, 5) is 22.0. The predicted molar refractivity (Wildman–Crippen MR) is 166 cm³/mol. The normalized spacial score (nSPS) is 12.3. The van der Waals surface area contributed by atoms with Gasteiger partial charge in [0.1, 0.15) is 16.4 Å². The lowest BCUT2D eigenvalue weighted by atomic mass is 10.1. The number of carboxylic acid groups (broad SMARTS) is 1. The van der Waals surface area contributed by atoms with Crippen molar-refractivity contribution in [1.29, 1.82) is 0 Å². The second-order valence-electron chi connectivity index (χ2n) is 8.61. The molecule has 0 saturated heterocycles. The van der Waals surface area contributed by atoms with Gasteiger partial charge in [-0.3, -0.25) is 19.5 Å². The predicted octanol–water partition coefficient (Wildman–Crippen LogP) is 5.30. The molecule has 0 aliphatic carbocycles. The summed E-state index contributed by atoms with van der Waals surface area (Å²) in [6, 6.07) is 12.6. The van der Waals surface area contributed by atoms with Crippen molar-refractivity contribution in [2.45, 2.75) is 9.79 Å². The number of phenols is 1. The van der Waals surface area contributed by atoms with Gasteiger partial charge in [-0.2, -0.15) is 26.9 Å². The van der Waals surface area contributed by atoms with Crippen molar-refractivity contribution in [3.8, 4) is 5.75 Å². The van der Waals surface area contributed by atoms with Gasteiger partial charge in [-0.15, -0.1) is 0 Å². The standard InChI is InChI=1S/C25H17Cl3N6O9S2/c26-20-22(27)31-25(28)32-23(20)30-18-10-14(45(41,42)43)9-17(21(18)35)29-11-19(12-4-2-1-3-5-12)34-33-16-7-6-13(44(38,39)40)8-15(16)24(36)37/h1-11,33,35H,(H,36,37)(H,30,31,32)(H,38,39,40)(H,41,42,43). The van der Waals surface area contributed by atoms with Crippen LogP contribution in [0.3, 0.4) is 0 Å². The van der Waals surface area contributed by atoms with Crippen LogP contribution in [0, 0.1) is 0 Å². The van der Waals surface area contributed by atoms with E-state index in [1.807, 2.05) is 0 Å². The van der Waals surface area contributed by atoms with E-state index in [4.69, 9.17) is 34.8 Å². The molecule has 4 rings (SSSR count). The minimum absolute atomic E-state index is 0.00868. The molecule has 0 amide bonds. The number of carboxylic acids is 1. The van der Waals surface area contributed by atoms with Gasteiger partial charge in [0.25, 0.3) is 20.2 Å². The fraction of sp³-hybridized carbons (Fsp3) is 0. The highest BCUT2D eigenvalue weighted by molar-refractivity contribution is 7.86. The molecule has 3 aromatic carbocycles. The number of rotatable bonds is 10. The molecule has 0 radical (unpaired) electrons. The number of nitrogens with one attached hydrogen (secondary N) is 2. The second-order valence-corrected chi connectivity index (χ2v) is 12.5. The molecule has 234 valence electrons. The van der Waals surface area contributed by atoms with Gasteiger partial charge in [0.2, 0.25) is 5.28 Å². The molecule has 1 heterocycles. The Hall–Kier alpha value is -4.36. The molecule has 0 bridgehead atoms. The number of hydrazone groups is 1. The number of nitrogens with zero attached hydrogens (tertiary/aromatic N) is 4. The third kappa shape index (κ3) is 8.22. The van der Waals surface area contributed by atoms with Crippen LogP contribution in [0.15, 0.2) is 80.5 Å². The van der Waals surface area contributed by atoms with Crippen LogP contribution in [-0.4, -0.2) is 64.0 Å². The Morgan fingerprint density at radius 2 is 1.53 bits per heavy atom. The zero-order valence-corrected chi connectivity index (χ0v) is 25.8. The minimum Gasteiger partial charge on any atom is -0.504 e. The van der Waals surface area contributed by atoms with Crippen molar-refractivity contribution in [3.05, 3.63) is 87.2 Å². The fourth-order valence-electron chi connectivity index (χ4n) is 3.53. The first-order valence-corrected chi connectivity index (χ1v) is 15.8. The monoisotopic (exact) mass is 714 g/mol. The van der Waals surface area contributed by atoms with Crippen molar-refractivity contribution in [3.63, 3.8) is 0 Å². The first kappa shape index (κ1) is 33.5. The van der Waals surface area contributed by atoms with Crippen LogP contribution in [0.25, 0.3) is 0 Å². The summed E-state index contributed by atoms with van der Waals surface area (Å²) >= 11 is 17.8. The lowest BCUT2D eigenvalue weighted by molar-refractivity contribution is 0.0697. The van der Waals surface area contributed by atoms with E-state index in [0.717, 1.165) is 36.5 Å². The molecule has 0 spiro atoms. The number of phenolic OH excluding ortho intramolecular Hbond substituents is 1. The molecule has 0 atom stereocenters. The topological polar surface area (TPSA) is 241 Å². The summed E-state index contributed by atoms with van der Waals surface area (Å²) in [5.74, 6) is -2.40. The Morgan fingerprint density at radius 3 is 2.16 bits per heavy atom. The van der Waals surface area contributed by atoms with Gasteiger partial charge >= 0.3 is 5.97 Å². The van der Waals surface area contributed by atoms with Crippen LogP contribution in [0.4, 0.5) is 22.9 Å². The maximum Gasteiger partial charge on any atom is 0.337 e. The Morgan fingerprint density at radius 1 is 0.867 bits per heavy atom. The van der Waals surface area contributed by atoms with Gasteiger partial charge in [0.15, 0.2) is 16.7 Å². The minimum atomic E-state index is -4.85. The maximum atomic E-state index is 12.0. The van der Waals surface area contributed by atoms with Gasteiger partial charge in [0.05, 0.1) is 32.9 Å². The molecule has 45 heavy (non-hydrogen) atoms. The summed E-state index contributed by atoms with van der Waals surface area (Å²) in [7, 11) is -9.55. The van der Waals surface area contributed by atoms with Crippen LogP contribution in [0.5, 0.6) is 5.75 Å². The van der Waals surface area contributed by atoms with Crippen molar-refractivity contribution in [1.82, 2.24) is 9.97 Å². The van der Waals surface area contributed by atoms with E-state index in [-0.39, 0.29) is 38.4 Å². The molecule has 15 nitrogen and oxygen atoms in total. The number of halogens is 3. The Labute approximate surface area is 269 Å². The number of aromatic hydroxyl groups is 1. The molecule has 4 aromatic rings. The zero-order chi connectivity index (χ0) is 33.1. The summed E-state index contributed by atoms with van der Waals surface area (Å²) in [6.45, 7) is 0. The van der Waals surface area contributed by atoms with E-state index in [9.17, 15) is 40.9 Å². The summed E-state index contributed by atoms with van der Waals surface area (Å²) in [5, 5.41) is 26.4. The molecule has 0 unspecified atom stereocenters. The van der Waals surface area contributed by atoms with Crippen LogP contribution in [0.2, 0.25) is 15.5 Å². The molecule has 0 aliphatic rings. The average Bonchev–Trinajstić information content (AvgIpc) is 2.96. The maximum absolute atomic E-state index is 12.0. The van der Waals surface area contributed by atoms with E-state index >= 15 is 0 Å². The van der Waals surface area contributed by atoms with Crippen molar-refractivity contribution in [2.24, 2.45) is 10.1 Å². The summed E-state index contributed by atoms with van der Waals surface area (Å²) < 4.78 is 66.0. The number of aliphatic imine (C=N–C) groups is 1. The zero-order valence-electron chi connectivity index (χ0n) is 21.9. The molecule has 6 N–H and O–H groups in total. The lowest BCUT2D eigenvalue weighted by Gasteiger charge is -2.13. The van der Waals surface area contributed by atoms with Crippen LogP contribution < -0.4 is 10.7 Å². The van der Waals surface area contributed by atoms with Gasteiger partial charge < -0.3 is 15.5 Å². The van der Waals surface area contributed by atoms with E-state index in [0.29, 0.717) is 5.56 Å². The molecule has 20 heteroatoms. The quantitative estimate of drug-likeness (QED) is 0.0306. The molecular formula is C25H17Cl3N6O9S2. The largest absolute Gasteiger partial charge is 0.504 e. The van der Waals surface area contributed by atoms with Gasteiger partial charge in [-0.25, -0.2) is 9.78 Å². The van der Waals surface area contributed by atoms with Gasteiger partial charge in [-0.05, 0) is 41.9 Å². The van der Waals surface area contributed by atoms with Gasteiger partial charge in [-0.1, -0.05) is 53.5 Å².